The molecule has 90 valence electrons. The molecule has 0 spiro atoms. The lowest BCUT2D eigenvalue weighted by Crippen LogP contribution is -2.40. The van der Waals surface area contributed by atoms with Crippen LogP contribution in [0.5, 0.6) is 0 Å². The first kappa shape index (κ1) is 13.0. The molecular weight excluding hydrogens is 184 g/mol. The van der Waals surface area contributed by atoms with Gasteiger partial charge in [-0.2, -0.15) is 0 Å². The normalized spacial score (nSPS) is 18.4. The van der Waals surface area contributed by atoms with Crippen LogP contribution in [0.2, 0.25) is 0 Å². The van der Waals surface area contributed by atoms with E-state index in [4.69, 9.17) is 0 Å². The van der Waals surface area contributed by atoms with Crippen LogP contribution in [0.3, 0.4) is 0 Å². The number of nitrogens with one attached hydrogen (secondary N) is 1. The zero-order valence-electron chi connectivity index (χ0n) is 10.8. The van der Waals surface area contributed by atoms with Crippen molar-refractivity contribution in [2.75, 3.05) is 26.2 Å². The Labute approximate surface area is 95.4 Å². The average molecular weight is 212 g/mol. The number of nitrogens with zero attached hydrogens (tertiary/aromatic N) is 1. The Morgan fingerprint density at radius 1 is 1.27 bits per heavy atom. The molecule has 1 atom stereocenters. The van der Waals surface area contributed by atoms with E-state index in [9.17, 15) is 0 Å². The van der Waals surface area contributed by atoms with Crippen molar-refractivity contribution >= 4 is 0 Å². The molecule has 1 fully saturated rings. The molecule has 0 aromatic rings. The SMILES string of the molecule is CCCNC(C)CN(CCC)CC1CC1. The van der Waals surface area contributed by atoms with Crippen LogP contribution in [0.1, 0.15) is 46.5 Å². The van der Waals surface area contributed by atoms with E-state index in [1.807, 2.05) is 0 Å². The smallest absolute Gasteiger partial charge is 0.0166 e. The van der Waals surface area contributed by atoms with E-state index in [1.54, 1.807) is 0 Å². The third kappa shape index (κ3) is 6.16. The van der Waals surface area contributed by atoms with E-state index < -0.39 is 0 Å². The van der Waals surface area contributed by atoms with Gasteiger partial charge < -0.3 is 10.2 Å². The zero-order chi connectivity index (χ0) is 11.1. The van der Waals surface area contributed by atoms with E-state index in [0.717, 1.165) is 12.5 Å². The van der Waals surface area contributed by atoms with Gasteiger partial charge in [0.15, 0.2) is 0 Å². The van der Waals surface area contributed by atoms with Gasteiger partial charge in [0.2, 0.25) is 0 Å². The predicted molar refractivity (Wildman–Crippen MR) is 67.2 cm³/mol. The first-order chi connectivity index (χ1) is 7.26. The van der Waals surface area contributed by atoms with Crippen molar-refractivity contribution in [2.24, 2.45) is 5.92 Å². The van der Waals surface area contributed by atoms with Crippen LogP contribution in [0.25, 0.3) is 0 Å². The van der Waals surface area contributed by atoms with Crippen LogP contribution in [-0.2, 0) is 0 Å². The molecule has 0 saturated heterocycles. The standard InChI is InChI=1S/C13H28N2/c1-4-8-14-12(3)10-15(9-5-2)11-13-6-7-13/h12-14H,4-11H2,1-3H3. The summed E-state index contributed by atoms with van der Waals surface area (Å²) in [5, 5.41) is 3.57. The van der Waals surface area contributed by atoms with Gasteiger partial charge in [-0.3, -0.25) is 0 Å². The summed E-state index contributed by atoms with van der Waals surface area (Å²) in [5.41, 5.74) is 0. The van der Waals surface area contributed by atoms with Crippen molar-refractivity contribution in [1.29, 1.82) is 0 Å². The van der Waals surface area contributed by atoms with E-state index in [-0.39, 0.29) is 0 Å². The Morgan fingerprint density at radius 2 is 2.00 bits per heavy atom. The highest BCUT2D eigenvalue weighted by molar-refractivity contribution is 4.78. The minimum Gasteiger partial charge on any atom is -0.313 e. The van der Waals surface area contributed by atoms with E-state index in [0.29, 0.717) is 6.04 Å². The Balaban J connectivity index is 2.15. The van der Waals surface area contributed by atoms with E-state index in [2.05, 4.69) is 31.0 Å². The highest BCUT2D eigenvalue weighted by Crippen LogP contribution is 2.29. The average Bonchev–Trinajstić information content (AvgIpc) is 2.99. The molecule has 0 aromatic carbocycles. The molecule has 1 aliphatic rings. The van der Waals surface area contributed by atoms with Crippen molar-refractivity contribution in [2.45, 2.75) is 52.5 Å². The molecule has 1 N–H and O–H groups in total. The maximum absolute atomic E-state index is 3.57. The highest BCUT2D eigenvalue weighted by atomic mass is 15.1. The van der Waals surface area contributed by atoms with Gasteiger partial charge in [0.05, 0.1) is 0 Å². The quantitative estimate of drug-likeness (QED) is 0.632. The summed E-state index contributed by atoms with van der Waals surface area (Å²) in [6.07, 6.45) is 5.46. The maximum atomic E-state index is 3.57. The monoisotopic (exact) mass is 212 g/mol. The first-order valence-corrected chi connectivity index (χ1v) is 6.72. The minimum absolute atomic E-state index is 0.648. The highest BCUT2D eigenvalue weighted by Gasteiger charge is 2.24. The Kier molecular flexibility index (Phi) is 6.26. The largest absolute Gasteiger partial charge is 0.313 e. The Hall–Kier alpha value is -0.0800. The predicted octanol–water partition coefficient (Wildman–Crippen LogP) is 2.50. The summed E-state index contributed by atoms with van der Waals surface area (Å²) < 4.78 is 0. The van der Waals surface area contributed by atoms with Gasteiger partial charge in [0.25, 0.3) is 0 Å². The van der Waals surface area contributed by atoms with Crippen molar-refractivity contribution in [3.05, 3.63) is 0 Å². The number of hydrogen-bond donors (Lipinski definition) is 1. The fourth-order valence-electron chi connectivity index (χ4n) is 2.08. The molecule has 2 nitrogen and oxygen atoms in total. The second-order valence-corrected chi connectivity index (χ2v) is 5.06. The third-order valence-electron chi connectivity index (χ3n) is 3.03. The summed E-state index contributed by atoms with van der Waals surface area (Å²) in [4.78, 5) is 2.64. The Morgan fingerprint density at radius 3 is 2.53 bits per heavy atom. The van der Waals surface area contributed by atoms with E-state index in [1.165, 1.54) is 45.3 Å². The zero-order valence-corrected chi connectivity index (χ0v) is 10.8. The van der Waals surface area contributed by atoms with Crippen molar-refractivity contribution in [1.82, 2.24) is 10.2 Å². The van der Waals surface area contributed by atoms with E-state index >= 15 is 0 Å². The molecular formula is C13H28N2. The number of hydrogen-bond acceptors (Lipinski definition) is 2. The molecule has 0 radical (unpaired) electrons. The fourth-order valence-corrected chi connectivity index (χ4v) is 2.08. The molecule has 2 heteroatoms. The van der Waals surface area contributed by atoms with Crippen LogP contribution >= 0.6 is 0 Å². The van der Waals surface area contributed by atoms with Crippen molar-refractivity contribution < 1.29 is 0 Å². The molecule has 0 amide bonds. The molecule has 1 aliphatic carbocycles. The summed E-state index contributed by atoms with van der Waals surface area (Å²) in [5.74, 6) is 1.02. The van der Waals surface area contributed by atoms with Crippen LogP contribution in [0, 0.1) is 5.92 Å². The molecule has 1 rings (SSSR count). The van der Waals surface area contributed by atoms with Crippen LogP contribution < -0.4 is 5.32 Å². The topological polar surface area (TPSA) is 15.3 Å². The molecule has 15 heavy (non-hydrogen) atoms. The number of rotatable bonds is 9. The van der Waals surface area contributed by atoms with Crippen LogP contribution in [-0.4, -0.2) is 37.1 Å². The fraction of sp³-hybridized carbons (Fsp3) is 1.00. The molecule has 0 heterocycles. The molecule has 0 aromatic heterocycles. The Bertz CT molecular complexity index is 155. The lowest BCUT2D eigenvalue weighted by Gasteiger charge is -2.25. The van der Waals surface area contributed by atoms with Crippen LogP contribution in [0.15, 0.2) is 0 Å². The first-order valence-electron chi connectivity index (χ1n) is 6.72. The molecule has 1 saturated carbocycles. The van der Waals surface area contributed by atoms with Gasteiger partial charge in [0, 0.05) is 19.1 Å². The second kappa shape index (κ2) is 7.24. The summed E-state index contributed by atoms with van der Waals surface area (Å²) in [6.45, 7) is 11.8. The lowest BCUT2D eigenvalue weighted by atomic mass is 10.2. The third-order valence-corrected chi connectivity index (χ3v) is 3.03. The molecule has 0 bridgehead atoms. The van der Waals surface area contributed by atoms with Crippen LogP contribution in [0.4, 0.5) is 0 Å². The molecule has 1 unspecified atom stereocenters. The maximum Gasteiger partial charge on any atom is 0.0166 e. The summed E-state index contributed by atoms with van der Waals surface area (Å²) in [6, 6.07) is 0.648. The van der Waals surface area contributed by atoms with Gasteiger partial charge in [-0.05, 0) is 51.6 Å². The van der Waals surface area contributed by atoms with Gasteiger partial charge in [-0.25, -0.2) is 0 Å². The van der Waals surface area contributed by atoms with Crippen molar-refractivity contribution in [3.8, 4) is 0 Å². The summed E-state index contributed by atoms with van der Waals surface area (Å²) >= 11 is 0. The van der Waals surface area contributed by atoms with Gasteiger partial charge >= 0.3 is 0 Å². The van der Waals surface area contributed by atoms with Crippen molar-refractivity contribution in [3.63, 3.8) is 0 Å². The molecule has 0 aliphatic heterocycles. The second-order valence-electron chi connectivity index (χ2n) is 5.06. The van der Waals surface area contributed by atoms with Gasteiger partial charge in [-0.15, -0.1) is 0 Å². The van der Waals surface area contributed by atoms with Gasteiger partial charge in [-0.1, -0.05) is 13.8 Å². The minimum atomic E-state index is 0.648. The lowest BCUT2D eigenvalue weighted by molar-refractivity contribution is 0.238. The summed E-state index contributed by atoms with van der Waals surface area (Å²) in [7, 11) is 0. The van der Waals surface area contributed by atoms with Gasteiger partial charge in [0.1, 0.15) is 0 Å².